The van der Waals surface area contributed by atoms with Crippen LogP contribution < -0.4 is 9.80 Å². The van der Waals surface area contributed by atoms with Gasteiger partial charge in [0.2, 0.25) is 0 Å². The van der Waals surface area contributed by atoms with E-state index in [9.17, 15) is 4.39 Å². The fraction of sp³-hybridized carbons (Fsp3) is 0.257. The summed E-state index contributed by atoms with van der Waals surface area (Å²) in [6.45, 7) is 7.87. The molecule has 8 nitrogen and oxygen atoms in total. The monoisotopic (exact) mass is 618 g/mol. The minimum absolute atomic E-state index is 0.353. The summed E-state index contributed by atoms with van der Waals surface area (Å²) in [5, 5.41) is 5.45. The van der Waals surface area contributed by atoms with E-state index in [2.05, 4.69) is 66.8 Å². The van der Waals surface area contributed by atoms with E-state index in [1.165, 1.54) is 17.3 Å². The minimum Gasteiger partial charge on any atom is -0.362 e. The number of benzene rings is 2. The molecule has 10 heteroatoms. The highest BCUT2D eigenvalue weighted by Gasteiger charge is 2.25. The number of hydrogen-bond donors (Lipinski definition) is 0. The first-order valence-electron chi connectivity index (χ1n) is 15.4. The van der Waals surface area contributed by atoms with Gasteiger partial charge in [-0.1, -0.05) is 48.0 Å². The van der Waals surface area contributed by atoms with Crippen molar-refractivity contribution in [2.45, 2.75) is 19.6 Å². The van der Waals surface area contributed by atoms with Crippen LogP contribution in [0.2, 0.25) is 5.02 Å². The first kappa shape index (κ1) is 27.9. The number of allylic oxidation sites excluding steroid dienone is 1. The highest BCUT2D eigenvalue weighted by Crippen LogP contribution is 2.30. The molecule has 1 saturated heterocycles. The third-order valence-electron chi connectivity index (χ3n) is 8.88. The van der Waals surface area contributed by atoms with Crippen molar-refractivity contribution in [2.75, 3.05) is 49.1 Å². The molecule has 5 aromatic rings. The molecule has 0 aliphatic carbocycles. The van der Waals surface area contributed by atoms with E-state index in [1.54, 1.807) is 12.1 Å². The molecule has 6 heterocycles. The van der Waals surface area contributed by atoms with Crippen LogP contribution in [0, 0.1) is 5.82 Å². The van der Waals surface area contributed by atoms with Crippen LogP contribution in [0.15, 0.2) is 90.1 Å². The Hall–Kier alpha value is -4.60. The average molecular weight is 619 g/mol. The number of fused-ring (bicyclic) bond motifs is 2. The van der Waals surface area contributed by atoms with Crippen molar-refractivity contribution in [1.29, 1.82) is 0 Å². The van der Waals surface area contributed by atoms with E-state index >= 15 is 0 Å². The van der Waals surface area contributed by atoms with Gasteiger partial charge in [-0.15, -0.1) is 0 Å². The Bertz CT molecular complexity index is 1940. The summed E-state index contributed by atoms with van der Waals surface area (Å²) in [5.74, 6) is 0.709. The van der Waals surface area contributed by atoms with Gasteiger partial charge in [-0.3, -0.25) is 19.6 Å². The van der Waals surface area contributed by atoms with E-state index in [0.29, 0.717) is 22.8 Å². The molecule has 3 aliphatic rings. The third kappa shape index (κ3) is 5.58. The van der Waals surface area contributed by atoms with Crippen molar-refractivity contribution in [3.8, 4) is 0 Å². The van der Waals surface area contributed by atoms with Crippen LogP contribution in [0.4, 0.5) is 15.9 Å². The highest BCUT2D eigenvalue weighted by molar-refractivity contribution is 6.35. The maximum atomic E-state index is 14.7. The smallest absolute Gasteiger partial charge is 0.151 e. The summed E-state index contributed by atoms with van der Waals surface area (Å²) in [5.41, 5.74) is 7.68. The Balaban J connectivity index is 0.973. The maximum Gasteiger partial charge on any atom is 0.151 e. The fourth-order valence-electron chi connectivity index (χ4n) is 6.47. The first-order chi connectivity index (χ1) is 22.1. The van der Waals surface area contributed by atoms with Crippen molar-refractivity contribution in [3.05, 3.63) is 118 Å². The number of pyridine rings is 2. The third-order valence-corrected chi connectivity index (χ3v) is 9.11. The van der Waals surface area contributed by atoms with E-state index < -0.39 is 0 Å². The molecule has 3 aromatic heterocycles. The lowest BCUT2D eigenvalue weighted by atomic mass is 9.99. The average Bonchev–Trinajstić information content (AvgIpc) is 3.74. The second-order valence-electron chi connectivity index (χ2n) is 11.7. The molecule has 0 N–H and O–H groups in total. The molecule has 0 unspecified atom stereocenters. The molecule has 0 atom stereocenters. The number of rotatable bonds is 6. The van der Waals surface area contributed by atoms with Gasteiger partial charge in [-0.05, 0) is 42.0 Å². The van der Waals surface area contributed by atoms with Crippen LogP contribution in [-0.2, 0) is 19.6 Å². The number of halogens is 2. The lowest BCUT2D eigenvalue weighted by molar-refractivity contribution is 0.249. The standard InChI is InChI=1S/C35H32ClFN8/c36-25-6-7-30(37)29(18-25)35-28(10-11-38-35)31-8-9-32-33(40-31)19-26(21-39-32)44-16-17-45-27(23-44)20-34(41-45)43-14-12-42(13-15-43)22-24-4-2-1-3-5-24/h1-10,18-21H,11-17,22-23H2. The van der Waals surface area contributed by atoms with E-state index in [4.69, 9.17) is 26.7 Å². The Labute approximate surface area is 266 Å². The number of nitrogens with zero attached hydrogens (tertiary/aromatic N) is 8. The van der Waals surface area contributed by atoms with Crippen molar-refractivity contribution in [3.63, 3.8) is 0 Å². The van der Waals surface area contributed by atoms with Gasteiger partial charge in [-0.2, -0.15) is 5.10 Å². The van der Waals surface area contributed by atoms with Crippen LogP contribution in [0.5, 0.6) is 0 Å². The molecule has 0 amide bonds. The second-order valence-corrected chi connectivity index (χ2v) is 12.2. The van der Waals surface area contributed by atoms with Gasteiger partial charge in [0.25, 0.3) is 0 Å². The summed E-state index contributed by atoms with van der Waals surface area (Å²) in [6.07, 6.45) is 3.90. The molecule has 45 heavy (non-hydrogen) atoms. The predicted molar refractivity (Wildman–Crippen MR) is 178 cm³/mol. The van der Waals surface area contributed by atoms with Crippen molar-refractivity contribution >= 4 is 45.4 Å². The van der Waals surface area contributed by atoms with Crippen molar-refractivity contribution in [1.82, 2.24) is 24.6 Å². The molecular formula is C35H32ClFN8. The van der Waals surface area contributed by atoms with Gasteiger partial charge in [0, 0.05) is 61.5 Å². The van der Waals surface area contributed by atoms with Gasteiger partial charge >= 0.3 is 0 Å². The fourth-order valence-corrected chi connectivity index (χ4v) is 6.64. The number of piperazine rings is 1. The van der Waals surface area contributed by atoms with Crippen LogP contribution >= 0.6 is 11.6 Å². The zero-order valence-corrected chi connectivity index (χ0v) is 25.5. The van der Waals surface area contributed by atoms with Crippen molar-refractivity contribution in [2.24, 2.45) is 4.99 Å². The summed E-state index contributed by atoms with van der Waals surface area (Å²) < 4.78 is 16.9. The van der Waals surface area contributed by atoms with Gasteiger partial charge < -0.3 is 9.80 Å². The molecule has 8 rings (SSSR count). The summed E-state index contributed by atoms with van der Waals surface area (Å²) in [4.78, 5) is 21.5. The molecular weight excluding hydrogens is 587 g/mol. The summed E-state index contributed by atoms with van der Waals surface area (Å²) >= 11 is 6.18. The lowest BCUT2D eigenvalue weighted by Gasteiger charge is -2.34. The van der Waals surface area contributed by atoms with Crippen molar-refractivity contribution < 1.29 is 4.39 Å². The molecule has 0 bridgehead atoms. The number of hydrogen-bond acceptors (Lipinski definition) is 7. The topological polar surface area (TPSA) is 65.7 Å². The maximum absolute atomic E-state index is 14.7. The zero-order valence-electron chi connectivity index (χ0n) is 24.8. The predicted octanol–water partition coefficient (Wildman–Crippen LogP) is 5.85. The Morgan fingerprint density at radius 2 is 1.67 bits per heavy atom. The van der Waals surface area contributed by atoms with Gasteiger partial charge in [0.15, 0.2) is 5.82 Å². The van der Waals surface area contributed by atoms with Gasteiger partial charge in [0.05, 0.1) is 59.7 Å². The zero-order chi connectivity index (χ0) is 30.3. The van der Waals surface area contributed by atoms with Crippen LogP contribution in [0.1, 0.15) is 22.5 Å². The van der Waals surface area contributed by atoms with E-state index in [0.717, 1.165) is 86.2 Å². The van der Waals surface area contributed by atoms with Gasteiger partial charge in [-0.25, -0.2) is 9.37 Å². The number of aromatic nitrogens is 4. The van der Waals surface area contributed by atoms with Gasteiger partial charge in [0.1, 0.15) is 5.82 Å². The summed E-state index contributed by atoms with van der Waals surface area (Å²) in [6, 6.07) is 23.4. The Kier molecular flexibility index (Phi) is 7.27. The first-order valence-corrected chi connectivity index (χ1v) is 15.8. The molecule has 0 saturated carbocycles. The number of anilines is 2. The van der Waals surface area contributed by atoms with Crippen LogP contribution in [-0.4, -0.2) is 69.6 Å². The van der Waals surface area contributed by atoms with Crippen LogP contribution in [0.3, 0.4) is 0 Å². The Morgan fingerprint density at radius 1 is 0.822 bits per heavy atom. The molecule has 0 spiro atoms. The SMILES string of the molecule is Fc1ccc(Cl)cc1C1=NCC=C1c1ccc2ncc(N3CCn4nc(N5CCN(Cc6ccccc6)CC5)cc4C3)cc2n1. The van der Waals surface area contributed by atoms with E-state index in [-0.39, 0.29) is 5.82 Å². The number of aliphatic imine (C=N–C) groups is 1. The second kappa shape index (κ2) is 11.7. The normalized spacial score (nSPS) is 17.0. The molecule has 1 fully saturated rings. The van der Waals surface area contributed by atoms with E-state index in [1.807, 2.05) is 24.4 Å². The van der Waals surface area contributed by atoms with Crippen LogP contribution in [0.25, 0.3) is 16.6 Å². The minimum atomic E-state index is -0.353. The summed E-state index contributed by atoms with van der Waals surface area (Å²) in [7, 11) is 0. The molecule has 0 radical (unpaired) electrons. The lowest BCUT2D eigenvalue weighted by Crippen LogP contribution is -2.46. The Morgan fingerprint density at radius 3 is 2.53 bits per heavy atom. The molecule has 2 aromatic carbocycles. The largest absolute Gasteiger partial charge is 0.362 e. The molecule has 226 valence electrons. The molecule has 3 aliphatic heterocycles. The quantitative estimate of drug-likeness (QED) is 0.238. The highest BCUT2D eigenvalue weighted by atomic mass is 35.5.